The Morgan fingerprint density at radius 3 is 2.68 bits per heavy atom. The first-order valence-corrected chi connectivity index (χ1v) is 11.3. The molecule has 0 amide bonds. The lowest BCUT2D eigenvalue weighted by Gasteiger charge is -2.22. The Bertz CT molecular complexity index is 836. The highest BCUT2D eigenvalue weighted by Crippen LogP contribution is 2.19. The van der Waals surface area contributed by atoms with Crippen LogP contribution in [-0.4, -0.2) is 51.5 Å². The van der Waals surface area contributed by atoms with Crippen molar-refractivity contribution in [1.29, 1.82) is 0 Å². The van der Waals surface area contributed by atoms with Crippen molar-refractivity contribution in [3.8, 4) is 0 Å². The SMILES string of the molecule is CN=C(NCc1cccc(COC2CCOCC2)c1)NC1CCN(c2ccccc2)C1. The molecule has 0 saturated carbocycles. The lowest BCUT2D eigenvalue weighted by atomic mass is 10.1. The minimum Gasteiger partial charge on any atom is -0.381 e. The number of rotatable bonds is 7. The van der Waals surface area contributed by atoms with Gasteiger partial charge >= 0.3 is 0 Å². The molecular weight excluding hydrogens is 388 g/mol. The van der Waals surface area contributed by atoms with Crippen LogP contribution in [0.4, 0.5) is 5.69 Å². The smallest absolute Gasteiger partial charge is 0.191 e. The van der Waals surface area contributed by atoms with Crippen LogP contribution in [0, 0.1) is 0 Å². The fraction of sp³-hybridized carbons (Fsp3) is 0.480. The Morgan fingerprint density at radius 1 is 1.06 bits per heavy atom. The van der Waals surface area contributed by atoms with Gasteiger partial charge in [0, 0.05) is 51.6 Å². The Balaban J connectivity index is 1.23. The van der Waals surface area contributed by atoms with Gasteiger partial charge in [0.1, 0.15) is 0 Å². The van der Waals surface area contributed by atoms with Crippen molar-refractivity contribution < 1.29 is 9.47 Å². The molecule has 2 saturated heterocycles. The van der Waals surface area contributed by atoms with E-state index in [0.29, 0.717) is 18.8 Å². The second kappa shape index (κ2) is 11.2. The van der Waals surface area contributed by atoms with Crippen LogP contribution in [0.5, 0.6) is 0 Å². The molecule has 6 heteroatoms. The van der Waals surface area contributed by atoms with Gasteiger partial charge < -0.3 is 25.0 Å². The van der Waals surface area contributed by atoms with Crippen LogP contribution in [0.3, 0.4) is 0 Å². The molecule has 2 heterocycles. The average molecular weight is 423 g/mol. The van der Waals surface area contributed by atoms with Crippen molar-refractivity contribution in [2.45, 2.75) is 44.6 Å². The summed E-state index contributed by atoms with van der Waals surface area (Å²) in [7, 11) is 1.83. The molecule has 0 aliphatic carbocycles. The van der Waals surface area contributed by atoms with Gasteiger partial charge in [-0.05, 0) is 42.5 Å². The first-order valence-electron chi connectivity index (χ1n) is 11.3. The monoisotopic (exact) mass is 422 g/mol. The number of ether oxygens (including phenoxy) is 2. The normalized spacial score (nSPS) is 20.1. The highest BCUT2D eigenvalue weighted by molar-refractivity contribution is 5.80. The molecule has 2 aromatic carbocycles. The lowest BCUT2D eigenvalue weighted by molar-refractivity contribution is -0.0390. The third-order valence-corrected chi connectivity index (χ3v) is 5.98. The minimum absolute atomic E-state index is 0.320. The molecule has 2 fully saturated rings. The number of anilines is 1. The highest BCUT2D eigenvalue weighted by atomic mass is 16.5. The lowest BCUT2D eigenvalue weighted by Crippen LogP contribution is -2.44. The predicted octanol–water partition coefficient (Wildman–Crippen LogP) is 3.33. The van der Waals surface area contributed by atoms with Crippen molar-refractivity contribution in [1.82, 2.24) is 10.6 Å². The van der Waals surface area contributed by atoms with Gasteiger partial charge in [-0.3, -0.25) is 4.99 Å². The van der Waals surface area contributed by atoms with E-state index in [9.17, 15) is 0 Å². The van der Waals surface area contributed by atoms with E-state index in [1.54, 1.807) is 0 Å². The molecule has 2 N–H and O–H groups in total. The van der Waals surface area contributed by atoms with Gasteiger partial charge in [0.25, 0.3) is 0 Å². The fourth-order valence-corrected chi connectivity index (χ4v) is 4.21. The molecular formula is C25H34N4O2. The molecule has 2 aromatic rings. The van der Waals surface area contributed by atoms with E-state index in [0.717, 1.165) is 58.1 Å². The van der Waals surface area contributed by atoms with Gasteiger partial charge in [-0.15, -0.1) is 0 Å². The molecule has 166 valence electrons. The van der Waals surface area contributed by atoms with Crippen LogP contribution in [0.2, 0.25) is 0 Å². The van der Waals surface area contributed by atoms with Crippen LogP contribution in [0.1, 0.15) is 30.4 Å². The third-order valence-electron chi connectivity index (χ3n) is 5.98. The quantitative estimate of drug-likeness (QED) is 0.530. The Hall–Kier alpha value is -2.57. The van der Waals surface area contributed by atoms with E-state index in [2.05, 4.69) is 75.1 Å². The Morgan fingerprint density at radius 2 is 1.87 bits per heavy atom. The summed E-state index contributed by atoms with van der Waals surface area (Å²) in [6, 6.07) is 19.6. The molecule has 31 heavy (non-hydrogen) atoms. The summed E-state index contributed by atoms with van der Waals surface area (Å²) in [4.78, 5) is 6.85. The molecule has 6 nitrogen and oxygen atoms in total. The van der Waals surface area contributed by atoms with Crippen molar-refractivity contribution in [2.75, 3.05) is 38.3 Å². The predicted molar refractivity (Wildman–Crippen MR) is 125 cm³/mol. The molecule has 0 radical (unpaired) electrons. The number of hydrogen-bond donors (Lipinski definition) is 2. The van der Waals surface area contributed by atoms with Gasteiger partial charge in [0.15, 0.2) is 5.96 Å². The van der Waals surface area contributed by atoms with Crippen LogP contribution in [0.15, 0.2) is 59.6 Å². The van der Waals surface area contributed by atoms with E-state index in [-0.39, 0.29) is 0 Å². The number of para-hydroxylation sites is 1. The van der Waals surface area contributed by atoms with Crippen LogP contribution in [-0.2, 0) is 22.6 Å². The first kappa shape index (κ1) is 21.7. The second-order valence-electron chi connectivity index (χ2n) is 8.28. The number of nitrogens with zero attached hydrogens (tertiary/aromatic N) is 2. The molecule has 4 rings (SSSR count). The largest absolute Gasteiger partial charge is 0.381 e. The number of nitrogens with one attached hydrogen (secondary N) is 2. The summed E-state index contributed by atoms with van der Waals surface area (Å²) in [6.45, 7) is 5.07. The minimum atomic E-state index is 0.320. The summed E-state index contributed by atoms with van der Waals surface area (Å²) in [5.41, 5.74) is 3.73. The number of benzene rings is 2. The number of guanidine groups is 1. The molecule has 0 spiro atoms. The molecule has 2 aliphatic heterocycles. The van der Waals surface area contributed by atoms with Crippen LogP contribution < -0.4 is 15.5 Å². The van der Waals surface area contributed by atoms with Crippen molar-refractivity contribution >= 4 is 11.6 Å². The molecule has 2 aliphatic rings. The summed E-state index contributed by atoms with van der Waals surface area (Å²) in [5.74, 6) is 0.851. The molecule has 0 bridgehead atoms. The van der Waals surface area contributed by atoms with E-state index in [4.69, 9.17) is 9.47 Å². The van der Waals surface area contributed by atoms with E-state index < -0.39 is 0 Å². The van der Waals surface area contributed by atoms with Crippen molar-refractivity contribution in [3.05, 3.63) is 65.7 Å². The Kier molecular flexibility index (Phi) is 7.80. The van der Waals surface area contributed by atoms with Gasteiger partial charge in [-0.1, -0.05) is 42.5 Å². The highest BCUT2D eigenvalue weighted by Gasteiger charge is 2.23. The van der Waals surface area contributed by atoms with Gasteiger partial charge in [-0.2, -0.15) is 0 Å². The van der Waals surface area contributed by atoms with Crippen LogP contribution >= 0.6 is 0 Å². The maximum absolute atomic E-state index is 6.06. The topological polar surface area (TPSA) is 58.1 Å². The van der Waals surface area contributed by atoms with Crippen LogP contribution in [0.25, 0.3) is 0 Å². The first-order chi connectivity index (χ1) is 15.3. The summed E-state index contributed by atoms with van der Waals surface area (Å²) >= 11 is 0. The Labute approximate surface area is 185 Å². The second-order valence-corrected chi connectivity index (χ2v) is 8.28. The van der Waals surface area contributed by atoms with E-state index in [1.165, 1.54) is 16.8 Å². The summed E-state index contributed by atoms with van der Waals surface area (Å²) < 4.78 is 11.5. The standard InChI is InChI=1S/C25H34N4O2/c1-26-25(28-22-10-13-29(18-22)23-8-3-2-4-9-23)27-17-20-6-5-7-21(16-20)19-31-24-11-14-30-15-12-24/h2-9,16,22,24H,10-15,17-19H2,1H3,(H2,26,27,28). The zero-order valence-corrected chi connectivity index (χ0v) is 18.4. The number of hydrogen-bond acceptors (Lipinski definition) is 4. The van der Waals surface area contributed by atoms with Crippen molar-refractivity contribution in [2.24, 2.45) is 4.99 Å². The maximum atomic E-state index is 6.06. The fourth-order valence-electron chi connectivity index (χ4n) is 4.21. The molecule has 0 aromatic heterocycles. The van der Waals surface area contributed by atoms with Gasteiger partial charge in [0.2, 0.25) is 0 Å². The van der Waals surface area contributed by atoms with Crippen molar-refractivity contribution in [3.63, 3.8) is 0 Å². The van der Waals surface area contributed by atoms with Gasteiger partial charge in [0.05, 0.1) is 12.7 Å². The summed E-state index contributed by atoms with van der Waals surface area (Å²) in [6.07, 6.45) is 3.41. The van der Waals surface area contributed by atoms with E-state index >= 15 is 0 Å². The maximum Gasteiger partial charge on any atom is 0.191 e. The zero-order chi connectivity index (χ0) is 21.3. The summed E-state index contributed by atoms with van der Waals surface area (Å²) in [5, 5.41) is 7.04. The third kappa shape index (κ3) is 6.45. The average Bonchev–Trinajstić information content (AvgIpc) is 3.30. The molecule has 1 unspecified atom stereocenters. The van der Waals surface area contributed by atoms with Gasteiger partial charge in [-0.25, -0.2) is 0 Å². The zero-order valence-electron chi connectivity index (χ0n) is 18.4. The number of aliphatic imine (C=N–C) groups is 1. The van der Waals surface area contributed by atoms with E-state index in [1.807, 2.05) is 7.05 Å². The molecule has 1 atom stereocenters.